The highest BCUT2D eigenvalue weighted by atomic mass is 31.2. The van der Waals surface area contributed by atoms with Crippen LogP contribution in [-0.4, -0.2) is 33.9 Å². The van der Waals surface area contributed by atoms with E-state index in [1.807, 2.05) is 0 Å². The molecule has 72 valence electrons. The Kier molecular flexibility index (Phi) is 3.66. The SMILES string of the molecule is CC(OP(=O)(O)O)N(C)C(=N)N. The maximum absolute atomic E-state index is 10.3. The fourth-order valence-electron chi connectivity index (χ4n) is 0.465. The van der Waals surface area contributed by atoms with E-state index in [0.29, 0.717) is 0 Å². The molecule has 1 atom stereocenters. The van der Waals surface area contributed by atoms with Crippen molar-refractivity contribution in [3.05, 3.63) is 0 Å². The van der Waals surface area contributed by atoms with Crippen molar-refractivity contribution < 1.29 is 18.9 Å². The highest BCUT2D eigenvalue weighted by molar-refractivity contribution is 7.46. The van der Waals surface area contributed by atoms with E-state index in [2.05, 4.69) is 4.52 Å². The van der Waals surface area contributed by atoms with Gasteiger partial charge in [0.05, 0.1) is 0 Å². The van der Waals surface area contributed by atoms with E-state index in [9.17, 15) is 4.57 Å². The van der Waals surface area contributed by atoms with Gasteiger partial charge in [0.1, 0.15) is 6.23 Å². The summed E-state index contributed by atoms with van der Waals surface area (Å²) in [6.07, 6.45) is -0.927. The van der Waals surface area contributed by atoms with Gasteiger partial charge in [-0.1, -0.05) is 0 Å². The summed E-state index contributed by atoms with van der Waals surface area (Å²) in [7, 11) is -3.12. The summed E-state index contributed by atoms with van der Waals surface area (Å²) >= 11 is 0. The van der Waals surface area contributed by atoms with Gasteiger partial charge in [0.15, 0.2) is 5.96 Å². The van der Waals surface area contributed by atoms with Gasteiger partial charge in [0.2, 0.25) is 0 Å². The van der Waals surface area contributed by atoms with Crippen molar-refractivity contribution in [3.8, 4) is 0 Å². The van der Waals surface area contributed by atoms with E-state index in [1.54, 1.807) is 0 Å². The fraction of sp³-hybridized carbons (Fsp3) is 0.750. The molecule has 0 aliphatic carbocycles. The van der Waals surface area contributed by atoms with Crippen molar-refractivity contribution in [1.29, 1.82) is 5.41 Å². The van der Waals surface area contributed by atoms with Crippen LogP contribution in [0.5, 0.6) is 0 Å². The Hall–Kier alpha value is -0.620. The molecule has 1 unspecified atom stereocenters. The predicted molar refractivity (Wildman–Crippen MR) is 42.3 cm³/mol. The van der Waals surface area contributed by atoms with Crippen molar-refractivity contribution in [1.82, 2.24) is 4.90 Å². The smallest absolute Gasteiger partial charge is 0.370 e. The van der Waals surface area contributed by atoms with Crippen LogP contribution in [0.15, 0.2) is 0 Å². The lowest BCUT2D eigenvalue weighted by Gasteiger charge is -2.24. The highest BCUT2D eigenvalue weighted by Crippen LogP contribution is 2.37. The van der Waals surface area contributed by atoms with Crippen LogP contribution in [0.2, 0.25) is 0 Å². The Balaban J connectivity index is 4.13. The molecule has 0 spiro atoms. The summed E-state index contributed by atoms with van der Waals surface area (Å²) in [6, 6.07) is 0. The van der Waals surface area contributed by atoms with E-state index in [0.717, 1.165) is 4.90 Å². The van der Waals surface area contributed by atoms with Gasteiger partial charge in [-0.15, -0.1) is 0 Å². The third-order valence-corrected chi connectivity index (χ3v) is 1.79. The van der Waals surface area contributed by atoms with E-state index in [-0.39, 0.29) is 5.96 Å². The number of phosphoric ester groups is 1. The molecule has 0 aliphatic rings. The molecule has 0 heterocycles. The lowest BCUT2D eigenvalue weighted by molar-refractivity contribution is 0.0712. The molecule has 12 heavy (non-hydrogen) atoms. The van der Waals surface area contributed by atoms with Crippen LogP contribution in [0.4, 0.5) is 0 Å². The molecular formula is C4H12N3O4P. The molecule has 0 aromatic carbocycles. The van der Waals surface area contributed by atoms with Crippen LogP contribution in [0.25, 0.3) is 0 Å². The van der Waals surface area contributed by atoms with Gasteiger partial charge in [-0.3, -0.25) is 9.93 Å². The molecule has 0 aromatic heterocycles. The average Bonchev–Trinajstić information content (AvgIpc) is 1.82. The molecule has 0 saturated heterocycles. The summed E-state index contributed by atoms with van der Waals surface area (Å²) in [5.41, 5.74) is 5.03. The Morgan fingerprint density at radius 2 is 2.17 bits per heavy atom. The zero-order valence-corrected chi connectivity index (χ0v) is 7.65. The zero-order chi connectivity index (χ0) is 9.94. The third kappa shape index (κ3) is 4.30. The molecule has 8 heteroatoms. The number of nitrogens with zero attached hydrogens (tertiary/aromatic N) is 1. The summed E-state index contributed by atoms with van der Waals surface area (Å²) in [6.45, 7) is 1.38. The summed E-state index contributed by atoms with van der Waals surface area (Å²) in [5.74, 6) is -0.323. The molecule has 7 nitrogen and oxygen atoms in total. The largest absolute Gasteiger partial charge is 0.471 e. The lowest BCUT2D eigenvalue weighted by Crippen LogP contribution is -2.40. The quantitative estimate of drug-likeness (QED) is 0.205. The zero-order valence-electron chi connectivity index (χ0n) is 6.76. The van der Waals surface area contributed by atoms with Crippen LogP contribution >= 0.6 is 7.82 Å². The van der Waals surface area contributed by atoms with Crippen LogP contribution in [0.3, 0.4) is 0 Å². The Bertz CT molecular complexity index is 214. The first kappa shape index (κ1) is 11.4. The minimum atomic E-state index is -4.51. The molecule has 0 bridgehead atoms. The topological polar surface area (TPSA) is 120 Å². The molecule has 0 aliphatic heterocycles. The number of hydrogen-bond donors (Lipinski definition) is 4. The van der Waals surface area contributed by atoms with E-state index < -0.39 is 14.1 Å². The predicted octanol–water partition coefficient (Wildman–Crippen LogP) is -0.733. The van der Waals surface area contributed by atoms with Crippen LogP contribution in [0.1, 0.15) is 6.92 Å². The number of hydrogen-bond acceptors (Lipinski definition) is 3. The molecule has 0 amide bonds. The van der Waals surface area contributed by atoms with E-state index in [1.165, 1.54) is 14.0 Å². The second-order valence-corrected chi connectivity index (χ2v) is 3.38. The van der Waals surface area contributed by atoms with Crippen molar-refractivity contribution in [2.75, 3.05) is 7.05 Å². The van der Waals surface area contributed by atoms with Gasteiger partial charge in [-0.25, -0.2) is 4.57 Å². The Morgan fingerprint density at radius 3 is 2.42 bits per heavy atom. The molecule has 5 N–H and O–H groups in total. The van der Waals surface area contributed by atoms with Crippen molar-refractivity contribution in [2.45, 2.75) is 13.2 Å². The number of phosphoric acid groups is 1. The van der Waals surface area contributed by atoms with E-state index in [4.69, 9.17) is 20.9 Å². The van der Waals surface area contributed by atoms with E-state index >= 15 is 0 Å². The average molecular weight is 197 g/mol. The van der Waals surface area contributed by atoms with Gasteiger partial charge in [-0.2, -0.15) is 0 Å². The first-order valence-electron chi connectivity index (χ1n) is 3.05. The first-order valence-corrected chi connectivity index (χ1v) is 4.58. The number of guanidine groups is 1. The second-order valence-electron chi connectivity index (χ2n) is 2.19. The van der Waals surface area contributed by atoms with Crippen molar-refractivity contribution >= 4 is 13.8 Å². The number of nitrogens with one attached hydrogen (secondary N) is 1. The van der Waals surface area contributed by atoms with Gasteiger partial charge in [0.25, 0.3) is 0 Å². The lowest BCUT2D eigenvalue weighted by atomic mass is 10.6. The summed E-state index contributed by atoms with van der Waals surface area (Å²) < 4.78 is 14.5. The fourth-order valence-corrected chi connectivity index (χ4v) is 1.00. The molecule has 0 fully saturated rings. The summed E-state index contributed by atoms with van der Waals surface area (Å²) in [4.78, 5) is 17.8. The minimum Gasteiger partial charge on any atom is -0.370 e. The van der Waals surface area contributed by atoms with Crippen molar-refractivity contribution in [3.63, 3.8) is 0 Å². The van der Waals surface area contributed by atoms with Crippen LogP contribution in [-0.2, 0) is 9.09 Å². The van der Waals surface area contributed by atoms with Gasteiger partial charge < -0.3 is 20.4 Å². The van der Waals surface area contributed by atoms with Gasteiger partial charge >= 0.3 is 7.82 Å². The standard InChI is InChI=1S/C4H12N3O4P/c1-3(7(2)4(5)6)11-12(8,9)10/h3H,1-2H3,(H3,5,6)(H2,8,9,10). The number of rotatable bonds is 3. The van der Waals surface area contributed by atoms with Crippen molar-refractivity contribution in [2.24, 2.45) is 5.73 Å². The molecule has 0 radical (unpaired) electrons. The van der Waals surface area contributed by atoms with Crippen LogP contribution in [0, 0.1) is 5.41 Å². The third-order valence-electron chi connectivity index (χ3n) is 1.22. The molecular weight excluding hydrogens is 185 g/mol. The Labute approximate surface area is 69.9 Å². The maximum Gasteiger partial charge on any atom is 0.471 e. The van der Waals surface area contributed by atoms with Crippen LogP contribution < -0.4 is 5.73 Å². The highest BCUT2D eigenvalue weighted by Gasteiger charge is 2.22. The first-order chi connectivity index (χ1) is 5.24. The summed E-state index contributed by atoms with van der Waals surface area (Å²) in [5, 5.41) is 6.91. The van der Waals surface area contributed by atoms with Gasteiger partial charge in [0, 0.05) is 7.05 Å². The molecule has 0 rings (SSSR count). The second kappa shape index (κ2) is 3.86. The monoisotopic (exact) mass is 197 g/mol. The molecule has 0 aromatic rings. The number of nitrogens with two attached hydrogens (primary N) is 1. The molecule has 0 saturated carbocycles. The van der Waals surface area contributed by atoms with Gasteiger partial charge in [-0.05, 0) is 6.92 Å². The minimum absolute atomic E-state index is 0.323. The maximum atomic E-state index is 10.3. The normalized spacial score (nSPS) is 14.0. The Morgan fingerprint density at radius 1 is 1.75 bits per heavy atom.